The second-order valence-corrected chi connectivity index (χ2v) is 8.50. The summed E-state index contributed by atoms with van der Waals surface area (Å²) in [6, 6.07) is 4.84. The monoisotopic (exact) mass is 454 g/mol. The van der Waals surface area contributed by atoms with E-state index in [0.717, 1.165) is 6.42 Å². The van der Waals surface area contributed by atoms with E-state index >= 15 is 0 Å². The molecule has 29 heavy (non-hydrogen) atoms. The van der Waals surface area contributed by atoms with Gasteiger partial charge in [-0.2, -0.15) is 0 Å². The number of hydrogen-bond donors (Lipinski definition) is 1. The molecule has 1 atom stereocenters. The number of halogens is 2. The van der Waals surface area contributed by atoms with Crippen molar-refractivity contribution in [1.29, 1.82) is 0 Å². The number of ether oxygens (including phenoxy) is 1. The Morgan fingerprint density at radius 3 is 2.79 bits per heavy atom. The Balaban J connectivity index is 1.46. The Morgan fingerprint density at radius 2 is 2.00 bits per heavy atom. The van der Waals surface area contributed by atoms with Crippen molar-refractivity contribution in [3.63, 3.8) is 0 Å². The molecule has 0 radical (unpaired) electrons. The van der Waals surface area contributed by atoms with Gasteiger partial charge in [-0.05, 0) is 25.0 Å². The summed E-state index contributed by atoms with van der Waals surface area (Å²) in [6.07, 6.45) is 1.48. The summed E-state index contributed by atoms with van der Waals surface area (Å²) in [5.41, 5.74) is 0.936. The van der Waals surface area contributed by atoms with Crippen LogP contribution < -0.4 is 5.32 Å². The Kier molecular flexibility index (Phi) is 6.24. The van der Waals surface area contributed by atoms with E-state index in [1.54, 1.807) is 33.4 Å². The smallest absolute Gasteiger partial charge is 0.274 e. The van der Waals surface area contributed by atoms with Gasteiger partial charge in [0.15, 0.2) is 5.13 Å². The molecule has 1 unspecified atom stereocenters. The highest BCUT2D eigenvalue weighted by atomic mass is 35.5. The highest BCUT2D eigenvalue weighted by Crippen LogP contribution is 2.33. The standard InChI is InChI=1S/C19H20Cl2N4O3S/c20-12-3-1-4-13(16(12)21)22-19-23-14(11-29-19)17(26)25-6-2-5-15(25)18(27)24-7-9-28-10-8-24/h1,3-4,11,15H,2,5-10H2,(H,22,23). The van der Waals surface area contributed by atoms with Crippen molar-refractivity contribution in [2.45, 2.75) is 18.9 Å². The molecule has 2 aliphatic rings. The van der Waals surface area contributed by atoms with Crippen LogP contribution in [-0.4, -0.2) is 65.5 Å². The number of benzene rings is 1. The predicted octanol–water partition coefficient (Wildman–Crippen LogP) is 3.66. The second kappa shape index (κ2) is 8.87. The Morgan fingerprint density at radius 1 is 1.21 bits per heavy atom. The summed E-state index contributed by atoms with van der Waals surface area (Å²) in [5, 5.41) is 6.16. The van der Waals surface area contributed by atoms with Gasteiger partial charge in [-0.3, -0.25) is 9.59 Å². The quantitative estimate of drug-likeness (QED) is 0.762. The maximum Gasteiger partial charge on any atom is 0.274 e. The van der Waals surface area contributed by atoms with Crippen molar-refractivity contribution in [1.82, 2.24) is 14.8 Å². The van der Waals surface area contributed by atoms with Crippen LogP contribution >= 0.6 is 34.5 Å². The van der Waals surface area contributed by atoms with Crippen molar-refractivity contribution < 1.29 is 14.3 Å². The molecule has 2 saturated heterocycles. The fourth-order valence-electron chi connectivity index (χ4n) is 3.55. The van der Waals surface area contributed by atoms with E-state index in [2.05, 4.69) is 10.3 Å². The number of likely N-dealkylation sites (tertiary alicyclic amines) is 1. The Hall–Kier alpha value is -1.87. The number of rotatable bonds is 4. The van der Waals surface area contributed by atoms with Crippen LogP contribution in [0.25, 0.3) is 0 Å². The fraction of sp³-hybridized carbons (Fsp3) is 0.421. The van der Waals surface area contributed by atoms with Gasteiger partial charge in [0.05, 0.1) is 28.9 Å². The first-order valence-corrected chi connectivity index (χ1v) is 11.0. The van der Waals surface area contributed by atoms with Crippen molar-refractivity contribution in [2.75, 3.05) is 38.2 Å². The van der Waals surface area contributed by atoms with Crippen LogP contribution in [0.15, 0.2) is 23.6 Å². The van der Waals surface area contributed by atoms with Crippen LogP contribution in [0.4, 0.5) is 10.8 Å². The lowest BCUT2D eigenvalue weighted by Crippen LogP contribution is -2.51. The van der Waals surface area contributed by atoms with E-state index in [9.17, 15) is 9.59 Å². The molecule has 3 heterocycles. The molecule has 0 spiro atoms. The van der Waals surface area contributed by atoms with Crippen LogP contribution in [0.3, 0.4) is 0 Å². The molecule has 1 aromatic heterocycles. The fourth-order valence-corrected chi connectivity index (χ4v) is 4.60. The molecular formula is C19H20Cl2N4O3S. The first kappa shape index (κ1) is 20.4. The van der Waals surface area contributed by atoms with Gasteiger partial charge >= 0.3 is 0 Å². The lowest BCUT2D eigenvalue weighted by Gasteiger charge is -2.32. The van der Waals surface area contributed by atoms with Crippen molar-refractivity contribution in [3.05, 3.63) is 39.3 Å². The van der Waals surface area contributed by atoms with E-state index < -0.39 is 6.04 Å². The van der Waals surface area contributed by atoms with Crippen LogP contribution in [0.1, 0.15) is 23.3 Å². The van der Waals surface area contributed by atoms with Crippen molar-refractivity contribution in [3.8, 4) is 0 Å². The first-order valence-electron chi connectivity index (χ1n) is 9.38. The molecule has 2 aliphatic heterocycles. The topological polar surface area (TPSA) is 74.8 Å². The van der Waals surface area contributed by atoms with E-state index in [1.165, 1.54) is 11.3 Å². The molecule has 4 rings (SSSR count). The Bertz CT molecular complexity index is 917. The van der Waals surface area contributed by atoms with Crippen molar-refractivity contribution in [2.24, 2.45) is 0 Å². The molecule has 0 aliphatic carbocycles. The van der Waals surface area contributed by atoms with Crippen LogP contribution in [0.5, 0.6) is 0 Å². The lowest BCUT2D eigenvalue weighted by molar-refractivity contribution is -0.139. The molecule has 0 saturated carbocycles. The molecule has 2 fully saturated rings. The average Bonchev–Trinajstić information content (AvgIpc) is 3.41. The molecule has 1 N–H and O–H groups in total. The molecule has 0 bridgehead atoms. The highest BCUT2D eigenvalue weighted by molar-refractivity contribution is 7.14. The number of carbonyl (C=O) groups is 2. The minimum Gasteiger partial charge on any atom is -0.378 e. The summed E-state index contributed by atoms with van der Waals surface area (Å²) < 4.78 is 5.32. The van der Waals surface area contributed by atoms with E-state index in [0.29, 0.717) is 65.8 Å². The summed E-state index contributed by atoms with van der Waals surface area (Å²) >= 11 is 13.5. The predicted molar refractivity (Wildman–Crippen MR) is 113 cm³/mol. The molecule has 7 nitrogen and oxygen atoms in total. The van der Waals surface area contributed by atoms with Gasteiger partial charge in [0.1, 0.15) is 11.7 Å². The number of nitrogens with one attached hydrogen (secondary N) is 1. The van der Waals surface area contributed by atoms with Gasteiger partial charge in [0, 0.05) is 25.0 Å². The normalized spacial score (nSPS) is 19.4. The number of carbonyl (C=O) groups excluding carboxylic acids is 2. The molecular weight excluding hydrogens is 435 g/mol. The summed E-state index contributed by atoms with van der Waals surface area (Å²) in [4.78, 5) is 33.7. The van der Waals surface area contributed by atoms with Gasteiger partial charge in [0.25, 0.3) is 5.91 Å². The zero-order valence-corrected chi connectivity index (χ0v) is 17.9. The largest absolute Gasteiger partial charge is 0.378 e. The zero-order valence-electron chi connectivity index (χ0n) is 15.6. The Labute approximate surface area is 182 Å². The summed E-state index contributed by atoms with van der Waals surface area (Å²) in [5.74, 6) is -0.228. The second-order valence-electron chi connectivity index (χ2n) is 6.86. The molecule has 1 aromatic carbocycles. The average molecular weight is 455 g/mol. The van der Waals surface area contributed by atoms with Gasteiger partial charge < -0.3 is 19.9 Å². The molecule has 2 amide bonds. The minimum atomic E-state index is -0.430. The van der Waals surface area contributed by atoms with Gasteiger partial charge in [-0.15, -0.1) is 11.3 Å². The van der Waals surface area contributed by atoms with Crippen LogP contribution in [-0.2, 0) is 9.53 Å². The molecule has 154 valence electrons. The van der Waals surface area contributed by atoms with Gasteiger partial charge in [-0.25, -0.2) is 4.98 Å². The number of aromatic nitrogens is 1. The third-order valence-corrected chi connectivity index (χ3v) is 6.61. The van der Waals surface area contributed by atoms with Crippen LogP contribution in [0.2, 0.25) is 10.0 Å². The number of anilines is 2. The maximum atomic E-state index is 13.0. The zero-order chi connectivity index (χ0) is 20.4. The summed E-state index contributed by atoms with van der Waals surface area (Å²) in [6.45, 7) is 2.78. The third-order valence-electron chi connectivity index (χ3n) is 5.04. The SMILES string of the molecule is O=C(C1CCCN1C(=O)c1csc(Nc2cccc(Cl)c2Cl)n1)N1CCOCC1. The number of morpholine rings is 1. The third kappa shape index (κ3) is 4.35. The van der Waals surface area contributed by atoms with Crippen LogP contribution in [0, 0.1) is 0 Å². The summed E-state index contributed by atoms with van der Waals surface area (Å²) in [7, 11) is 0. The van der Waals surface area contributed by atoms with E-state index in [-0.39, 0.29) is 11.8 Å². The molecule has 2 aromatic rings. The number of nitrogens with zero attached hydrogens (tertiary/aromatic N) is 3. The van der Waals surface area contributed by atoms with Gasteiger partial charge in [0.2, 0.25) is 5.91 Å². The maximum absolute atomic E-state index is 13.0. The highest BCUT2D eigenvalue weighted by Gasteiger charge is 2.38. The lowest BCUT2D eigenvalue weighted by atomic mass is 10.1. The van der Waals surface area contributed by atoms with Gasteiger partial charge in [-0.1, -0.05) is 29.3 Å². The first-order chi connectivity index (χ1) is 14.0. The van der Waals surface area contributed by atoms with E-state index in [4.69, 9.17) is 27.9 Å². The molecule has 10 heteroatoms. The number of hydrogen-bond acceptors (Lipinski definition) is 6. The minimum absolute atomic E-state index is 0.00145. The van der Waals surface area contributed by atoms with Crippen molar-refractivity contribution >= 4 is 57.2 Å². The number of thiazole rings is 1. The van der Waals surface area contributed by atoms with E-state index in [1.807, 2.05) is 0 Å². The number of amides is 2.